The fourth-order valence-corrected chi connectivity index (χ4v) is 3.38. The molecule has 1 N–H and O–H groups in total. The molecule has 2 aromatic rings. The molecule has 1 aliphatic heterocycles. The molecule has 0 spiro atoms. The maximum Gasteiger partial charge on any atom is 0.418 e. The topological polar surface area (TPSA) is 44.8 Å². The Kier molecular flexibility index (Phi) is 6.54. The number of rotatable bonds is 5. The summed E-state index contributed by atoms with van der Waals surface area (Å²) in [7, 11) is 1.61. The van der Waals surface area contributed by atoms with Crippen molar-refractivity contribution in [2.45, 2.75) is 6.18 Å². The minimum absolute atomic E-state index is 0.0242. The molecule has 1 amide bonds. The predicted molar refractivity (Wildman–Crippen MR) is 107 cm³/mol. The number of carbonyl (C=O) groups excluding carboxylic acids is 1. The summed E-state index contributed by atoms with van der Waals surface area (Å²) in [5, 5.41) is 2.32. The van der Waals surface area contributed by atoms with E-state index < -0.39 is 17.6 Å². The number of ether oxygens (including phenoxy) is 1. The number of hydrogen-bond acceptors (Lipinski definition) is 4. The molecule has 2 aromatic carbocycles. The highest BCUT2D eigenvalue weighted by Gasteiger charge is 2.34. The van der Waals surface area contributed by atoms with Crippen molar-refractivity contribution in [3.8, 4) is 5.75 Å². The highest BCUT2D eigenvalue weighted by atomic mass is 35.5. The molecular formula is C20H21ClF3N3O2. The number of anilines is 2. The first-order valence-corrected chi connectivity index (χ1v) is 9.42. The summed E-state index contributed by atoms with van der Waals surface area (Å²) in [4.78, 5) is 16.4. The quantitative estimate of drug-likeness (QED) is 0.779. The lowest BCUT2D eigenvalue weighted by atomic mass is 10.1. The van der Waals surface area contributed by atoms with Crippen molar-refractivity contribution >= 4 is 28.9 Å². The number of benzene rings is 2. The Morgan fingerprint density at radius 2 is 1.76 bits per heavy atom. The predicted octanol–water partition coefficient (Wildman–Crippen LogP) is 4.13. The Morgan fingerprint density at radius 1 is 1.10 bits per heavy atom. The van der Waals surface area contributed by atoms with E-state index in [4.69, 9.17) is 16.3 Å². The van der Waals surface area contributed by atoms with Gasteiger partial charge in [0.1, 0.15) is 5.75 Å². The molecule has 0 radical (unpaired) electrons. The monoisotopic (exact) mass is 427 g/mol. The summed E-state index contributed by atoms with van der Waals surface area (Å²) in [5.41, 5.74) is -0.183. The zero-order valence-electron chi connectivity index (χ0n) is 15.8. The van der Waals surface area contributed by atoms with Crippen molar-refractivity contribution in [3.63, 3.8) is 0 Å². The Bertz CT molecular complexity index is 851. The van der Waals surface area contributed by atoms with E-state index in [1.54, 1.807) is 7.11 Å². The molecular weight excluding hydrogens is 407 g/mol. The number of alkyl halides is 3. The fourth-order valence-electron chi connectivity index (χ4n) is 3.21. The van der Waals surface area contributed by atoms with Gasteiger partial charge in [0.2, 0.25) is 5.91 Å². The van der Waals surface area contributed by atoms with Crippen LogP contribution >= 0.6 is 11.6 Å². The number of amides is 1. The molecule has 0 atom stereocenters. The molecule has 0 bridgehead atoms. The normalized spacial score (nSPS) is 15.3. The van der Waals surface area contributed by atoms with Gasteiger partial charge in [-0.15, -0.1) is 0 Å². The van der Waals surface area contributed by atoms with Crippen LogP contribution in [0.25, 0.3) is 0 Å². The van der Waals surface area contributed by atoms with Gasteiger partial charge in [-0.25, -0.2) is 0 Å². The van der Waals surface area contributed by atoms with Crippen LogP contribution in [0.1, 0.15) is 5.56 Å². The molecule has 29 heavy (non-hydrogen) atoms. The lowest BCUT2D eigenvalue weighted by Crippen LogP contribution is -2.48. The van der Waals surface area contributed by atoms with Crippen molar-refractivity contribution in [1.82, 2.24) is 4.90 Å². The average Bonchev–Trinajstić information content (AvgIpc) is 2.69. The Labute approximate surface area is 172 Å². The second-order valence-corrected chi connectivity index (χ2v) is 7.13. The van der Waals surface area contributed by atoms with Gasteiger partial charge in [-0.05, 0) is 42.5 Å². The maximum absolute atomic E-state index is 13.2. The first-order valence-electron chi connectivity index (χ1n) is 9.04. The van der Waals surface area contributed by atoms with Crippen molar-refractivity contribution in [1.29, 1.82) is 0 Å². The number of methoxy groups -OCH3 is 1. The van der Waals surface area contributed by atoms with Crippen molar-refractivity contribution in [2.24, 2.45) is 0 Å². The van der Waals surface area contributed by atoms with Gasteiger partial charge in [0.05, 0.1) is 24.9 Å². The second kappa shape index (κ2) is 8.92. The molecule has 0 aliphatic carbocycles. The van der Waals surface area contributed by atoms with Crippen molar-refractivity contribution < 1.29 is 22.7 Å². The molecule has 9 heteroatoms. The van der Waals surface area contributed by atoms with E-state index in [1.165, 1.54) is 12.1 Å². The highest BCUT2D eigenvalue weighted by Crippen LogP contribution is 2.36. The van der Waals surface area contributed by atoms with Gasteiger partial charge in [-0.2, -0.15) is 13.2 Å². The smallest absolute Gasteiger partial charge is 0.418 e. The van der Waals surface area contributed by atoms with Crippen LogP contribution in [0.15, 0.2) is 42.5 Å². The Balaban J connectivity index is 1.55. The standard InChI is InChI=1S/C20H21ClF3N3O2/c1-29-16-5-3-15(4-6-16)27-10-8-26(9-11-27)13-19(28)25-18-7-2-14(21)12-17(18)20(22,23)24/h2-7,12H,8-11,13H2,1H3,(H,25,28). The van der Waals surface area contributed by atoms with Crippen molar-refractivity contribution in [2.75, 3.05) is 50.1 Å². The number of hydrogen-bond donors (Lipinski definition) is 1. The van der Waals surface area contributed by atoms with E-state index in [-0.39, 0.29) is 17.3 Å². The summed E-state index contributed by atoms with van der Waals surface area (Å²) in [5.74, 6) is 0.292. The lowest BCUT2D eigenvalue weighted by molar-refractivity contribution is -0.137. The summed E-state index contributed by atoms with van der Waals surface area (Å²) in [6.45, 7) is 2.72. The molecule has 1 saturated heterocycles. The van der Waals surface area contributed by atoms with Crippen LogP contribution in [0, 0.1) is 0 Å². The number of nitrogens with one attached hydrogen (secondary N) is 1. The van der Waals surface area contributed by atoms with E-state index in [1.807, 2.05) is 29.2 Å². The first-order chi connectivity index (χ1) is 13.8. The maximum atomic E-state index is 13.2. The average molecular weight is 428 g/mol. The molecule has 1 aliphatic rings. The van der Waals surface area contributed by atoms with Crippen LogP contribution in [-0.4, -0.2) is 50.6 Å². The molecule has 0 saturated carbocycles. The van der Waals surface area contributed by atoms with Gasteiger partial charge in [-0.1, -0.05) is 11.6 Å². The number of nitrogens with zero attached hydrogens (tertiary/aromatic N) is 2. The first kappa shape index (κ1) is 21.3. The van der Waals surface area contributed by atoms with Crippen LogP contribution in [0.4, 0.5) is 24.5 Å². The van der Waals surface area contributed by atoms with Gasteiger partial charge < -0.3 is 15.0 Å². The summed E-state index contributed by atoms with van der Waals surface area (Å²) in [6, 6.07) is 11.0. The third kappa shape index (κ3) is 5.55. The minimum atomic E-state index is -4.60. The zero-order chi connectivity index (χ0) is 21.0. The van der Waals surface area contributed by atoms with Crippen LogP contribution in [0.3, 0.4) is 0 Å². The van der Waals surface area contributed by atoms with E-state index >= 15 is 0 Å². The summed E-state index contributed by atoms with van der Waals surface area (Å²) >= 11 is 5.66. The number of halogens is 4. The van der Waals surface area contributed by atoms with E-state index in [9.17, 15) is 18.0 Å². The lowest BCUT2D eigenvalue weighted by Gasteiger charge is -2.35. The molecule has 1 heterocycles. The largest absolute Gasteiger partial charge is 0.497 e. The van der Waals surface area contributed by atoms with E-state index in [2.05, 4.69) is 10.2 Å². The van der Waals surface area contributed by atoms with Crippen molar-refractivity contribution in [3.05, 3.63) is 53.1 Å². The highest BCUT2D eigenvalue weighted by molar-refractivity contribution is 6.30. The Hall–Kier alpha value is -2.45. The van der Waals surface area contributed by atoms with Gasteiger partial charge in [-0.3, -0.25) is 9.69 Å². The molecule has 5 nitrogen and oxygen atoms in total. The van der Waals surface area contributed by atoms with Gasteiger partial charge in [0.15, 0.2) is 0 Å². The minimum Gasteiger partial charge on any atom is -0.497 e. The molecule has 3 rings (SSSR count). The van der Waals surface area contributed by atoms with Crippen LogP contribution < -0.4 is 15.0 Å². The third-order valence-corrected chi connectivity index (χ3v) is 4.97. The molecule has 0 aromatic heterocycles. The number of piperazine rings is 1. The Morgan fingerprint density at radius 3 is 2.34 bits per heavy atom. The van der Waals surface area contributed by atoms with Gasteiger partial charge in [0.25, 0.3) is 0 Å². The molecule has 156 valence electrons. The third-order valence-electron chi connectivity index (χ3n) is 4.74. The van der Waals surface area contributed by atoms with Crippen LogP contribution in [0.2, 0.25) is 5.02 Å². The SMILES string of the molecule is COc1ccc(N2CCN(CC(=O)Nc3ccc(Cl)cc3C(F)(F)F)CC2)cc1. The van der Waals surface area contributed by atoms with Gasteiger partial charge in [0, 0.05) is 36.9 Å². The zero-order valence-corrected chi connectivity index (χ0v) is 16.6. The molecule has 0 unspecified atom stereocenters. The second-order valence-electron chi connectivity index (χ2n) is 6.70. The van der Waals surface area contributed by atoms with E-state index in [0.717, 1.165) is 17.5 Å². The van der Waals surface area contributed by atoms with E-state index in [0.29, 0.717) is 26.2 Å². The fraction of sp³-hybridized carbons (Fsp3) is 0.350. The van der Waals surface area contributed by atoms with Crippen LogP contribution in [0.5, 0.6) is 5.75 Å². The summed E-state index contributed by atoms with van der Waals surface area (Å²) in [6.07, 6.45) is -4.60. The summed E-state index contributed by atoms with van der Waals surface area (Å²) < 4.78 is 44.6. The number of carbonyl (C=O) groups is 1. The van der Waals surface area contributed by atoms with Crippen LogP contribution in [-0.2, 0) is 11.0 Å². The van der Waals surface area contributed by atoms with Gasteiger partial charge >= 0.3 is 6.18 Å². The molecule has 1 fully saturated rings.